The lowest BCUT2D eigenvalue weighted by Crippen LogP contribution is -2.38. The maximum atomic E-state index is 6.23. The molecule has 0 heterocycles. The van der Waals surface area contributed by atoms with Gasteiger partial charge in [0.25, 0.3) is 0 Å². The van der Waals surface area contributed by atoms with Crippen LogP contribution in [-0.2, 0) is 6.54 Å². The van der Waals surface area contributed by atoms with Gasteiger partial charge in [-0.3, -0.25) is 4.90 Å². The van der Waals surface area contributed by atoms with E-state index in [1.807, 2.05) is 12.1 Å². The number of hydrogen-bond donors (Lipinski definition) is 1. The largest absolute Gasteiger partial charge is 0.330 e. The summed E-state index contributed by atoms with van der Waals surface area (Å²) < 4.78 is 1.07. The van der Waals surface area contributed by atoms with E-state index >= 15 is 0 Å². The first kappa shape index (κ1) is 16.0. The number of nitrogens with two attached hydrogens (primary N) is 1. The third-order valence-corrected chi connectivity index (χ3v) is 3.92. The second-order valence-corrected chi connectivity index (χ2v) is 6.73. The number of hydrogen-bond acceptors (Lipinski definition) is 2. The van der Waals surface area contributed by atoms with Crippen LogP contribution in [0.25, 0.3) is 0 Å². The molecule has 0 saturated heterocycles. The van der Waals surface area contributed by atoms with Crippen molar-refractivity contribution in [1.82, 2.24) is 4.90 Å². The average Bonchev–Trinajstić information content (AvgIpc) is 2.32. The summed E-state index contributed by atoms with van der Waals surface area (Å²) in [7, 11) is 0. The summed E-state index contributed by atoms with van der Waals surface area (Å²) in [4.78, 5) is 2.38. The monoisotopic (exact) mass is 332 g/mol. The highest BCUT2D eigenvalue weighted by atomic mass is 79.9. The maximum Gasteiger partial charge on any atom is 0.0451 e. The van der Waals surface area contributed by atoms with Gasteiger partial charge in [0.2, 0.25) is 0 Å². The lowest BCUT2D eigenvalue weighted by molar-refractivity contribution is 0.183. The zero-order valence-corrected chi connectivity index (χ0v) is 13.7. The average molecular weight is 334 g/mol. The Kier molecular flexibility index (Phi) is 6.12. The zero-order chi connectivity index (χ0) is 13.8. The molecule has 0 atom stereocenters. The third-order valence-electron chi connectivity index (χ3n) is 3.05. The van der Waals surface area contributed by atoms with Crippen molar-refractivity contribution in [1.29, 1.82) is 0 Å². The molecule has 0 radical (unpaired) electrons. The number of benzene rings is 1. The molecule has 102 valence electrons. The molecule has 18 heavy (non-hydrogen) atoms. The van der Waals surface area contributed by atoms with Crippen LogP contribution < -0.4 is 5.73 Å². The molecule has 0 bridgehead atoms. The van der Waals surface area contributed by atoms with Gasteiger partial charge in [0, 0.05) is 22.6 Å². The second-order valence-electron chi connectivity index (χ2n) is 5.41. The molecule has 0 aliphatic heterocycles. The first-order chi connectivity index (χ1) is 8.38. The minimum atomic E-state index is 0.133. The molecule has 0 unspecified atom stereocenters. The normalized spacial score (nSPS) is 12.2. The predicted molar refractivity (Wildman–Crippen MR) is 82.9 cm³/mol. The van der Waals surface area contributed by atoms with Crippen LogP contribution in [0.3, 0.4) is 0 Å². The molecule has 2 N–H and O–H groups in total. The Labute approximate surface area is 124 Å². The summed E-state index contributed by atoms with van der Waals surface area (Å²) in [6, 6.07) is 5.98. The van der Waals surface area contributed by atoms with Crippen LogP contribution in [0, 0.1) is 5.41 Å². The molecule has 4 heteroatoms. The first-order valence-electron chi connectivity index (χ1n) is 6.24. The molecular weight excluding hydrogens is 312 g/mol. The number of nitrogens with zero attached hydrogens (tertiary/aromatic N) is 1. The highest BCUT2D eigenvalue weighted by molar-refractivity contribution is 9.10. The van der Waals surface area contributed by atoms with E-state index in [-0.39, 0.29) is 5.41 Å². The van der Waals surface area contributed by atoms with Crippen molar-refractivity contribution in [2.45, 2.75) is 27.3 Å². The van der Waals surface area contributed by atoms with Gasteiger partial charge < -0.3 is 5.73 Å². The molecule has 0 saturated carbocycles. The van der Waals surface area contributed by atoms with E-state index in [0.29, 0.717) is 6.54 Å². The fraction of sp³-hybridized carbons (Fsp3) is 0.571. The summed E-state index contributed by atoms with van der Waals surface area (Å²) in [5.41, 5.74) is 7.08. The fourth-order valence-electron chi connectivity index (χ4n) is 1.85. The molecule has 0 aliphatic rings. The highest BCUT2D eigenvalue weighted by Gasteiger charge is 2.20. The van der Waals surface area contributed by atoms with Gasteiger partial charge in [-0.05, 0) is 42.3 Å². The van der Waals surface area contributed by atoms with Gasteiger partial charge >= 0.3 is 0 Å². The van der Waals surface area contributed by atoms with Gasteiger partial charge in [-0.2, -0.15) is 0 Å². The zero-order valence-electron chi connectivity index (χ0n) is 11.3. The summed E-state index contributed by atoms with van der Waals surface area (Å²) in [5.74, 6) is 0. The fourth-order valence-corrected chi connectivity index (χ4v) is 2.44. The van der Waals surface area contributed by atoms with Crippen molar-refractivity contribution in [3.05, 3.63) is 33.3 Å². The van der Waals surface area contributed by atoms with Crippen LogP contribution in [0.2, 0.25) is 5.02 Å². The number of halogens is 2. The van der Waals surface area contributed by atoms with Gasteiger partial charge in [0.05, 0.1) is 0 Å². The Morgan fingerprint density at radius 1 is 1.39 bits per heavy atom. The summed E-state index contributed by atoms with van der Waals surface area (Å²) in [5, 5.41) is 0.821. The van der Waals surface area contributed by atoms with Crippen LogP contribution in [0.4, 0.5) is 0 Å². The minimum absolute atomic E-state index is 0.133. The lowest BCUT2D eigenvalue weighted by atomic mass is 9.93. The van der Waals surface area contributed by atoms with Gasteiger partial charge in [0.15, 0.2) is 0 Å². The Balaban J connectivity index is 2.77. The van der Waals surface area contributed by atoms with Crippen molar-refractivity contribution >= 4 is 27.5 Å². The van der Waals surface area contributed by atoms with Crippen molar-refractivity contribution in [3.8, 4) is 0 Å². The minimum Gasteiger partial charge on any atom is -0.330 e. The quantitative estimate of drug-likeness (QED) is 0.855. The molecule has 0 amide bonds. The van der Waals surface area contributed by atoms with Crippen molar-refractivity contribution in [2.75, 3.05) is 19.6 Å². The van der Waals surface area contributed by atoms with Gasteiger partial charge in [-0.15, -0.1) is 0 Å². The van der Waals surface area contributed by atoms with Crippen LogP contribution in [0.1, 0.15) is 26.3 Å². The Hall–Kier alpha value is -0.0900. The van der Waals surface area contributed by atoms with Crippen LogP contribution in [0.5, 0.6) is 0 Å². The van der Waals surface area contributed by atoms with Crippen LogP contribution >= 0.6 is 27.5 Å². The Bertz CT molecular complexity index is 393. The molecular formula is C14H22BrClN2. The van der Waals surface area contributed by atoms with E-state index in [0.717, 1.165) is 34.7 Å². The van der Waals surface area contributed by atoms with Crippen molar-refractivity contribution in [3.63, 3.8) is 0 Å². The van der Waals surface area contributed by atoms with E-state index in [9.17, 15) is 0 Å². The summed E-state index contributed by atoms with van der Waals surface area (Å²) >= 11 is 9.72. The van der Waals surface area contributed by atoms with E-state index in [4.69, 9.17) is 17.3 Å². The van der Waals surface area contributed by atoms with Gasteiger partial charge in [0.1, 0.15) is 0 Å². The molecule has 1 aromatic rings. The van der Waals surface area contributed by atoms with E-state index in [2.05, 4.69) is 47.7 Å². The molecule has 0 fully saturated rings. The molecule has 0 aliphatic carbocycles. The van der Waals surface area contributed by atoms with Crippen LogP contribution in [0.15, 0.2) is 22.7 Å². The second kappa shape index (κ2) is 6.90. The summed E-state index contributed by atoms with van der Waals surface area (Å²) in [6.07, 6.45) is 0. The first-order valence-corrected chi connectivity index (χ1v) is 7.41. The van der Waals surface area contributed by atoms with Gasteiger partial charge in [-0.25, -0.2) is 0 Å². The topological polar surface area (TPSA) is 29.3 Å². The Morgan fingerprint density at radius 3 is 2.61 bits per heavy atom. The lowest BCUT2D eigenvalue weighted by Gasteiger charge is -2.31. The molecule has 0 spiro atoms. The SMILES string of the molecule is CCN(Cc1cc(Br)ccc1Cl)CC(C)(C)CN. The van der Waals surface area contributed by atoms with E-state index in [1.54, 1.807) is 0 Å². The molecule has 0 aromatic heterocycles. The number of rotatable bonds is 6. The van der Waals surface area contributed by atoms with Crippen molar-refractivity contribution < 1.29 is 0 Å². The third kappa shape index (κ3) is 4.88. The van der Waals surface area contributed by atoms with Crippen LogP contribution in [-0.4, -0.2) is 24.5 Å². The highest BCUT2D eigenvalue weighted by Crippen LogP contribution is 2.24. The van der Waals surface area contributed by atoms with Crippen molar-refractivity contribution in [2.24, 2.45) is 11.1 Å². The van der Waals surface area contributed by atoms with E-state index in [1.165, 1.54) is 0 Å². The Morgan fingerprint density at radius 2 is 2.06 bits per heavy atom. The molecule has 2 nitrogen and oxygen atoms in total. The van der Waals surface area contributed by atoms with E-state index < -0.39 is 0 Å². The maximum absolute atomic E-state index is 6.23. The summed E-state index contributed by atoms with van der Waals surface area (Å²) in [6.45, 7) is 10.1. The van der Waals surface area contributed by atoms with Gasteiger partial charge in [-0.1, -0.05) is 48.3 Å². The molecule has 1 aromatic carbocycles. The molecule has 1 rings (SSSR count). The smallest absolute Gasteiger partial charge is 0.0451 e. The predicted octanol–water partition coefficient (Wildman–Crippen LogP) is 3.91. The standard InChI is InChI=1S/C14H22BrClN2/c1-4-18(10-14(2,3)9-17)8-11-7-12(15)5-6-13(11)16/h5-7H,4,8-10,17H2,1-3H3.